The Morgan fingerprint density at radius 2 is 1.95 bits per heavy atom. The summed E-state index contributed by atoms with van der Waals surface area (Å²) in [6, 6.07) is -0.144. The Bertz CT molecular complexity index is 572. The maximum Gasteiger partial charge on any atom is 0.221 e. The Balaban J connectivity index is 2.77. The summed E-state index contributed by atoms with van der Waals surface area (Å²) < 4.78 is 22.3. The molecular formula is C14H24N2O3S2. The van der Waals surface area contributed by atoms with E-state index in [4.69, 9.17) is 0 Å². The highest BCUT2D eigenvalue weighted by Crippen LogP contribution is 2.27. The van der Waals surface area contributed by atoms with Gasteiger partial charge in [0.15, 0.2) is 0 Å². The normalized spacial score (nSPS) is 13.4. The highest BCUT2D eigenvalue weighted by molar-refractivity contribution is 7.90. The summed E-state index contributed by atoms with van der Waals surface area (Å²) in [5.74, 6) is 0.0506. The molecule has 0 aliphatic carbocycles. The molecule has 1 amide bonds. The van der Waals surface area contributed by atoms with Gasteiger partial charge in [0, 0.05) is 17.6 Å². The summed E-state index contributed by atoms with van der Waals surface area (Å²) in [6.07, 6.45) is 1.92. The number of carbonyl (C=O) groups excluding carboxylic acids is 1. The fraction of sp³-hybridized carbons (Fsp3) is 0.714. The van der Waals surface area contributed by atoms with Crippen LogP contribution in [0, 0.1) is 19.8 Å². The van der Waals surface area contributed by atoms with Gasteiger partial charge in [-0.3, -0.25) is 4.79 Å². The number of hydrogen-bond donors (Lipinski definition) is 1. The van der Waals surface area contributed by atoms with Gasteiger partial charge in [-0.25, -0.2) is 13.4 Å². The molecule has 0 radical (unpaired) electrons. The molecule has 1 heterocycles. The van der Waals surface area contributed by atoms with Gasteiger partial charge in [0.1, 0.15) is 14.8 Å². The van der Waals surface area contributed by atoms with Crippen LogP contribution in [0.1, 0.15) is 48.3 Å². The number of hydrogen-bond acceptors (Lipinski definition) is 5. The number of amides is 1. The van der Waals surface area contributed by atoms with Crippen LogP contribution in [-0.2, 0) is 14.6 Å². The quantitative estimate of drug-likeness (QED) is 0.832. The van der Waals surface area contributed by atoms with E-state index in [1.54, 1.807) is 11.3 Å². The van der Waals surface area contributed by atoms with Crippen LogP contribution in [0.5, 0.6) is 0 Å². The molecule has 0 saturated heterocycles. The average molecular weight is 332 g/mol. The van der Waals surface area contributed by atoms with Gasteiger partial charge in [-0.05, 0) is 26.2 Å². The third kappa shape index (κ3) is 6.56. The highest BCUT2D eigenvalue weighted by Gasteiger charge is 2.20. The maximum atomic E-state index is 11.9. The molecule has 1 aromatic rings. The van der Waals surface area contributed by atoms with E-state index < -0.39 is 9.84 Å². The van der Waals surface area contributed by atoms with Crippen LogP contribution in [-0.4, -0.2) is 31.3 Å². The van der Waals surface area contributed by atoms with E-state index in [0.29, 0.717) is 5.92 Å². The zero-order chi connectivity index (χ0) is 16.2. The van der Waals surface area contributed by atoms with Crippen LogP contribution >= 0.6 is 11.3 Å². The summed E-state index contributed by atoms with van der Waals surface area (Å²) in [4.78, 5) is 17.6. The molecular weight excluding hydrogens is 308 g/mol. The first-order valence-corrected chi connectivity index (χ1v) is 9.87. The molecule has 0 aromatic carbocycles. The second-order valence-electron chi connectivity index (χ2n) is 5.82. The third-order valence-corrected chi connectivity index (χ3v) is 5.22. The zero-order valence-electron chi connectivity index (χ0n) is 13.3. The van der Waals surface area contributed by atoms with Gasteiger partial charge in [0.05, 0.1) is 17.5 Å². The number of rotatable bonds is 7. The van der Waals surface area contributed by atoms with Gasteiger partial charge in [-0.1, -0.05) is 13.8 Å². The molecule has 1 atom stereocenters. The number of carbonyl (C=O) groups is 1. The van der Waals surface area contributed by atoms with E-state index in [9.17, 15) is 13.2 Å². The molecule has 1 rings (SSSR count). The average Bonchev–Trinajstić information content (AvgIpc) is 2.65. The van der Waals surface area contributed by atoms with Crippen molar-refractivity contribution in [1.29, 1.82) is 0 Å². The van der Waals surface area contributed by atoms with Crippen LogP contribution in [0.2, 0.25) is 0 Å². The van der Waals surface area contributed by atoms with E-state index >= 15 is 0 Å². The van der Waals surface area contributed by atoms with Gasteiger partial charge in [0.2, 0.25) is 5.91 Å². The third-order valence-electron chi connectivity index (χ3n) is 3.09. The Kier molecular flexibility index (Phi) is 6.34. The van der Waals surface area contributed by atoms with Crippen molar-refractivity contribution in [2.24, 2.45) is 5.92 Å². The lowest BCUT2D eigenvalue weighted by molar-refractivity contribution is -0.121. The molecule has 0 bridgehead atoms. The molecule has 0 aliphatic heterocycles. The first-order valence-electron chi connectivity index (χ1n) is 6.99. The van der Waals surface area contributed by atoms with Crippen molar-refractivity contribution < 1.29 is 13.2 Å². The van der Waals surface area contributed by atoms with E-state index in [1.165, 1.54) is 0 Å². The minimum Gasteiger partial charge on any atom is -0.347 e. The topological polar surface area (TPSA) is 76.1 Å². The molecule has 0 saturated carbocycles. The van der Waals surface area contributed by atoms with E-state index in [1.807, 2.05) is 13.8 Å². The lowest BCUT2D eigenvalue weighted by atomic mass is 10.0. The maximum absolute atomic E-state index is 11.9. The van der Waals surface area contributed by atoms with Crippen molar-refractivity contribution in [2.75, 3.05) is 12.0 Å². The molecule has 120 valence electrons. The lowest BCUT2D eigenvalue weighted by Gasteiger charge is -2.18. The SMILES string of the molecule is Cc1nc(C(CC(C)C)NC(=O)CCS(C)(=O)=O)sc1C. The first kappa shape index (κ1) is 18.1. The van der Waals surface area contributed by atoms with Crippen molar-refractivity contribution in [3.05, 3.63) is 15.6 Å². The fourth-order valence-corrected chi connectivity index (χ4v) is 3.43. The molecule has 0 aliphatic rings. The first-order chi connectivity index (χ1) is 9.58. The van der Waals surface area contributed by atoms with E-state index in [0.717, 1.165) is 28.3 Å². The predicted octanol–water partition coefficient (Wildman–Crippen LogP) is 2.40. The van der Waals surface area contributed by atoms with Crippen molar-refractivity contribution in [2.45, 2.75) is 46.6 Å². The molecule has 7 heteroatoms. The number of nitrogens with zero attached hydrogens (tertiary/aromatic N) is 1. The van der Waals surface area contributed by atoms with E-state index in [2.05, 4.69) is 24.1 Å². The summed E-state index contributed by atoms with van der Waals surface area (Å²) in [7, 11) is -3.12. The molecule has 21 heavy (non-hydrogen) atoms. The van der Waals surface area contributed by atoms with Crippen molar-refractivity contribution in [1.82, 2.24) is 10.3 Å². The second-order valence-corrected chi connectivity index (χ2v) is 9.32. The minimum absolute atomic E-state index is 0.00321. The number of sulfone groups is 1. The summed E-state index contributed by atoms with van der Waals surface area (Å²) in [6.45, 7) is 8.13. The smallest absolute Gasteiger partial charge is 0.221 e. The highest BCUT2D eigenvalue weighted by atomic mass is 32.2. The van der Waals surface area contributed by atoms with Crippen LogP contribution in [0.3, 0.4) is 0 Å². The molecule has 0 spiro atoms. The standard InChI is InChI=1S/C14H24N2O3S2/c1-9(2)8-12(14-15-10(3)11(4)20-14)16-13(17)6-7-21(5,18)19/h9,12H,6-8H2,1-5H3,(H,16,17). The summed E-state index contributed by atoms with van der Waals surface area (Å²) in [5, 5.41) is 3.82. The number of nitrogens with one attached hydrogen (secondary N) is 1. The van der Waals surface area contributed by atoms with Crippen LogP contribution in [0.25, 0.3) is 0 Å². The lowest BCUT2D eigenvalue weighted by Crippen LogP contribution is -2.30. The van der Waals surface area contributed by atoms with Crippen LogP contribution < -0.4 is 5.32 Å². The summed E-state index contributed by atoms with van der Waals surface area (Å²) in [5.41, 5.74) is 0.981. The number of thiazole rings is 1. The monoisotopic (exact) mass is 332 g/mol. The van der Waals surface area contributed by atoms with Crippen LogP contribution in [0.15, 0.2) is 0 Å². The van der Waals surface area contributed by atoms with Crippen molar-refractivity contribution >= 4 is 27.1 Å². The van der Waals surface area contributed by atoms with Crippen molar-refractivity contribution in [3.63, 3.8) is 0 Å². The van der Waals surface area contributed by atoms with Crippen molar-refractivity contribution in [3.8, 4) is 0 Å². The van der Waals surface area contributed by atoms with Gasteiger partial charge in [-0.2, -0.15) is 0 Å². The Morgan fingerprint density at radius 3 is 2.38 bits per heavy atom. The van der Waals surface area contributed by atoms with Gasteiger partial charge in [-0.15, -0.1) is 11.3 Å². The molecule has 0 fully saturated rings. The predicted molar refractivity (Wildman–Crippen MR) is 86.3 cm³/mol. The fourth-order valence-electron chi connectivity index (χ4n) is 1.88. The zero-order valence-corrected chi connectivity index (χ0v) is 14.9. The molecule has 1 aromatic heterocycles. The van der Waals surface area contributed by atoms with Crippen LogP contribution in [0.4, 0.5) is 0 Å². The summed E-state index contributed by atoms with van der Waals surface area (Å²) >= 11 is 1.59. The molecule has 1 unspecified atom stereocenters. The minimum atomic E-state index is -3.12. The Labute approximate surface area is 131 Å². The molecule has 1 N–H and O–H groups in total. The largest absolute Gasteiger partial charge is 0.347 e. The Morgan fingerprint density at radius 1 is 1.33 bits per heavy atom. The second kappa shape index (κ2) is 7.35. The Hall–Kier alpha value is -0.950. The van der Waals surface area contributed by atoms with Gasteiger partial charge in [0.25, 0.3) is 0 Å². The molecule has 5 nitrogen and oxygen atoms in total. The van der Waals surface area contributed by atoms with Gasteiger partial charge >= 0.3 is 0 Å². The number of aryl methyl sites for hydroxylation is 2. The van der Waals surface area contributed by atoms with Gasteiger partial charge < -0.3 is 5.32 Å². The van der Waals surface area contributed by atoms with E-state index in [-0.39, 0.29) is 24.1 Å². The number of aromatic nitrogens is 1.